The summed E-state index contributed by atoms with van der Waals surface area (Å²) in [6.07, 6.45) is 0. The van der Waals surface area contributed by atoms with Crippen molar-refractivity contribution < 1.29 is 4.39 Å². The molecule has 0 aliphatic rings. The van der Waals surface area contributed by atoms with Crippen molar-refractivity contribution in [3.8, 4) is 6.07 Å². The quantitative estimate of drug-likeness (QED) is 0.509. The van der Waals surface area contributed by atoms with Crippen molar-refractivity contribution in [1.82, 2.24) is 0 Å². The van der Waals surface area contributed by atoms with Gasteiger partial charge in [0, 0.05) is 0 Å². The smallest absolute Gasteiger partial charge is 0.140 e. The Kier molecular flexibility index (Phi) is 1.46. The standard InChI is InChI=1S/C7H3FN/c8-7-4-2-1-3-6(7)5-9/h2-4H. The zero-order valence-electron chi connectivity index (χ0n) is 4.56. The fourth-order valence-electron chi connectivity index (χ4n) is 0.497. The third kappa shape index (κ3) is 1.06. The Bertz CT molecular complexity index is 249. The van der Waals surface area contributed by atoms with Crippen molar-refractivity contribution in [3.05, 3.63) is 35.6 Å². The van der Waals surface area contributed by atoms with Gasteiger partial charge in [-0.25, -0.2) is 4.39 Å². The summed E-state index contributed by atoms with van der Waals surface area (Å²) in [6, 6.07) is 8.23. The van der Waals surface area contributed by atoms with E-state index >= 15 is 0 Å². The molecule has 0 spiro atoms. The molecule has 0 saturated carbocycles. The number of benzene rings is 1. The van der Waals surface area contributed by atoms with Gasteiger partial charge < -0.3 is 0 Å². The minimum atomic E-state index is -0.490. The molecule has 0 atom stereocenters. The summed E-state index contributed by atoms with van der Waals surface area (Å²) in [4.78, 5) is 0. The van der Waals surface area contributed by atoms with Gasteiger partial charge in [-0.05, 0) is 18.2 Å². The Balaban J connectivity index is 3.20. The number of nitriles is 1. The second-order valence-electron chi connectivity index (χ2n) is 1.52. The number of hydrogen-bond donors (Lipinski definition) is 0. The van der Waals surface area contributed by atoms with Crippen molar-refractivity contribution in [1.29, 1.82) is 5.26 Å². The summed E-state index contributed by atoms with van der Waals surface area (Å²) >= 11 is 0. The van der Waals surface area contributed by atoms with Crippen LogP contribution in [0, 0.1) is 23.2 Å². The van der Waals surface area contributed by atoms with Crippen LogP contribution in [0.1, 0.15) is 5.56 Å². The van der Waals surface area contributed by atoms with Gasteiger partial charge in [0.15, 0.2) is 0 Å². The summed E-state index contributed by atoms with van der Waals surface area (Å²) in [5.41, 5.74) is 0.0394. The lowest BCUT2D eigenvalue weighted by Crippen LogP contribution is -1.79. The Morgan fingerprint density at radius 3 is 2.89 bits per heavy atom. The van der Waals surface area contributed by atoms with E-state index in [1.807, 2.05) is 0 Å². The fraction of sp³-hybridized carbons (Fsp3) is 0. The largest absolute Gasteiger partial charge is 0.206 e. The Morgan fingerprint density at radius 2 is 2.44 bits per heavy atom. The van der Waals surface area contributed by atoms with Crippen LogP contribution in [0.25, 0.3) is 0 Å². The van der Waals surface area contributed by atoms with Crippen molar-refractivity contribution in [3.63, 3.8) is 0 Å². The van der Waals surface area contributed by atoms with Gasteiger partial charge in [0.05, 0.1) is 5.56 Å². The number of rotatable bonds is 0. The summed E-state index contributed by atoms with van der Waals surface area (Å²) in [7, 11) is 0. The molecule has 0 heterocycles. The van der Waals surface area contributed by atoms with Gasteiger partial charge in [0.2, 0.25) is 0 Å². The van der Waals surface area contributed by atoms with E-state index in [4.69, 9.17) is 5.26 Å². The minimum absolute atomic E-state index is 0.0394. The highest BCUT2D eigenvalue weighted by atomic mass is 19.1. The Labute approximate surface area is 52.4 Å². The van der Waals surface area contributed by atoms with Gasteiger partial charge in [0.25, 0.3) is 0 Å². The summed E-state index contributed by atoms with van der Waals surface area (Å²) in [6.45, 7) is 0. The first-order chi connectivity index (χ1) is 4.34. The summed E-state index contributed by atoms with van der Waals surface area (Å²) < 4.78 is 12.3. The zero-order valence-corrected chi connectivity index (χ0v) is 4.56. The molecule has 9 heavy (non-hydrogen) atoms. The molecule has 0 fully saturated rings. The topological polar surface area (TPSA) is 23.8 Å². The molecule has 0 aliphatic carbocycles. The lowest BCUT2D eigenvalue weighted by atomic mass is 10.2. The molecular formula is C7H3FN. The minimum Gasteiger partial charge on any atom is -0.206 e. The van der Waals surface area contributed by atoms with Gasteiger partial charge in [-0.2, -0.15) is 5.26 Å². The van der Waals surface area contributed by atoms with E-state index in [-0.39, 0.29) is 5.56 Å². The van der Waals surface area contributed by atoms with E-state index in [1.54, 1.807) is 6.07 Å². The molecule has 0 aliphatic heterocycles. The third-order valence-electron chi connectivity index (χ3n) is 0.931. The highest BCUT2D eigenvalue weighted by Crippen LogP contribution is 2.02. The third-order valence-corrected chi connectivity index (χ3v) is 0.931. The maximum atomic E-state index is 12.3. The van der Waals surface area contributed by atoms with Gasteiger partial charge in [-0.3, -0.25) is 0 Å². The molecule has 1 radical (unpaired) electrons. The molecule has 0 saturated heterocycles. The first-order valence-electron chi connectivity index (χ1n) is 2.40. The molecule has 43 valence electrons. The van der Waals surface area contributed by atoms with Crippen LogP contribution in [0.4, 0.5) is 4.39 Å². The van der Waals surface area contributed by atoms with Gasteiger partial charge in [-0.1, -0.05) is 6.07 Å². The second kappa shape index (κ2) is 2.27. The van der Waals surface area contributed by atoms with E-state index < -0.39 is 5.82 Å². The summed E-state index contributed by atoms with van der Waals surface area (Å²) in [5, 5.41) is 8.21. The lowest BCUT2D eigenvalue weighted by Gasteiger charge is -1.86. The van der Waals surface area contributed by atoms with Crippen molar-refractivity contribution in [2.45, 2.75) is 0 Å². The van der Waals surface area contributed by atoms with Crippen LogP contribution in [-0.4, -0.2) is 0 Å². The highest BCUT2D eigenvalue weighted by molar-refractivity contribution is 5.28. The van der Waals surface area contributed by atoms with E-state index in [0.717, 1.165) is 0 Å². The second-order valence-corrected chi connectivity index (χ2v) is 1.52. The molecular weight excluding hydrogens is 117 g/mol. The molecule has 1 rings (SSSR count). The average Bonchev–Trinajstić information content (AvgIpc) is 1.89. The predicted octanol–water partition coefficient (Wildman–Crippen LogP) is 1.50. The molecule has 0 amide bonds. The maximum Gasteiger partial charge on any atom is 0.140 e. The molecule has 0 N–H and O–H groups in total. The molecule has 0 unspecified atom stereocenters. The van der Waals surface area contributed by atoms with Crippen LogP contribution in [0.2, 0.25) is 0 Å². The Hall–Kier alpha value is -1.36. The normalized spacial score (nSPS) is 8.44. The van der Waals surface area contributed by atoms with Crippen molar-refractivity contribution in [2.24, 2.45) is 0 Å². The van der Waals surface area contributed by atoms with Crippen molar-refractivity contribution >= 4 is 0 Å². The van der Waals surface area contributed by atoms with Crippen LogP contribution >= 0.6 is 0 Å². The van der Waals surface area contributed by atoms with E-state index in [2.05, 4.69) is 6.07 Å². The van der Waals surface area contributed by atoms with Crippen molar-refractivity contribution in [2.75, 3.05) is 0 Å². The average molecular weight is 120 g/mol. The van der Waals surface area contributed by atoms with Crippen LogP contribution in [-0.2, 0) is 0 Å². The molecule has 2 heteroatoms. The van der Waals surface area contributed by atoms with Gasteiger partial charge in [0.1, 0.15) is 11.9 Å². The van der Waals surface area contributed by atoms with Crippen LogP contribution in [0.5, 0.6) is 0 Å². The zero-order chi connectivity index (χ0) is 6.69. The van der Waals surface area contributed by atoms with E-state index in [0.29, 0.717) is 0 Å². The molecule has 1 aromatic rings. The predicted molar refractivity (Wildman–Crippen MR) is 30.0 cm³/mol. The Morgan fingerprint density at radius 1 is 1.67 bits per heavy atom. The first-order valence-corrected chi connectivity index (χ1v) is 2.40. The van der Waals surface area contributed by atoms with Gasteiger partial charge >= 0.3 is 0 Å². The maximum absolute atomic E-state index is 12.3. The van der Waals surface area contributed by atoms with Crippen LogP contribution in [0.3, 0.4) is 0 Å². The lowest BCUT2D eigenvalue weighted by molar-refractivity contribution is 0.624. The SMILES string of the molecule is N#Cc1c[c]ccc1F. The van der Waals surface area contributed by atoms with Crippen LogP contribution < -0.4 is 0 Å². The van der Waals surface area contributed by atoms with Crippen LogP contribution in [0.15, 0.2) is 18.2 Å². The summed E-state index contributed by atoms with van der Waals surface area (Å²) in [5.74, 6) is -0.490. The number of halogens is 1. The molecule has 0 aromatic heterocycles. The molecule has 1 aromatic carbocycles. The van der Waals surface area contributed by atoms with E-state index in [9.17, 15) is 4.39 Å². The monoisotopic (exact) mass is 120 g/mol. The number of hydrogen-bond acceptors (Lipinski definition) is 1. The van der Waals surface area contributed by atoms with E-state index in [1.165, 1.54) is 18.2 Å². The first kappa shape index (κ1) is 5.77. The highest BCUT2D eigenvalue weighted by Gasteiger charge is 1.94. The molecule has 1 nitrogen and oxygen atoms in total. The molecule has 0 bridgehead atoms. The number of nitrogens with zero attached hydrogens (tertiary/aromatic N) is 1. The fourth-order valence-corrected chi connectivity index (χ4v) is 0.497. The van der Waals surface area contributed by atoms with Gasteiger partial charge in [-0.15, -0.1) is 0 Å².